The third-order valence-electron chi connectivity index (χ3n) is 4.79. The summed E-state index contributed by atoms with van der Waals surface area (Å²) in [5.41, 5.74) is 1.81. The highest BCUT2D eigenvalue weighted by atomic mass is 32.2. The van der Waals surface area contributed by atoms with E-state index in [0.29, 0.717) is 33.7 Å². The molecule has 3 aliphatic heterocycles. The molecular weight excluding hydrogens is 396 g/mol. The quantitative estimate of drug-likeness (QED) is 0.507. The molecule has 2 unspecified atom stereocenters. The molecule has 4 aliphatic rings. The van der Waals surface area contributed by atoms with Gasteiger partial charge in [-0.15, -0.1) is 0 Å². The van der Waals surface area contributed by atoms with Crippen LogP contribution in [0.3, 0.4) is 0 Å². The van der Waals surface area contributed by atoms with Gasteiger partial charge >= 0.3 is 0 Å². The average Bonchev–Trinajstić information content (AvgIpc) is 3.27. The maximum Gasteiger partial charge on any atom is 0.277 e. The number of hydrogen-bond acceptors (Lipinski definition) is 6. The molecule has 0 spiro atoms. The molecule has 2 fully saturated rings. The number of aliphatic imine (C=N–C) groups is 1. The number of carbonyl (C=O) groups is 2. The van der Waals surface area contributed by atoms with Gasteiger partial charge in [-0.2, -0.15) is 0 Å². The molecule has 0 saturated carbocycles. The lowest BCUT2D eigenvalue weighted by molar-refractivity contribution is -0.123. The number of allylic oxidation sites excluding steroid dienone is 3. The van der Waals surface area contributed by atoms with Crippen molar-refractivity contribution in [2.24, 2.45) is 4.99 Å². The summed E-state index contributed by atoms with van der Waals surface area (Å²) >= 11 is 6.58. The minimum Gasteiger partial charge on any atom is -0.376 e. The van der Waals surface area contributed by atoms with E-state index in [0.717, 1.165) is 25.0 Å². The Kier molecular flexibility index (Phi) is 5.73. The van der Waals surface area contributed by atoms with E-state index in [9.17, 15) is 9.59 Å². The Balaban J connectivity index is 1.54. The zero-order valence-corrected chi connectivity index (χ0v) is 17.1. The molecule has 0 aromatic heterocycles. The van der Waals surface area contributed by atoms with E-state index in [-0.39, 0.29) is 24.0 Å². The maximum absolute atomic E-state index is 12.8. The van der Waals surface area contributed by atoms with E-state index in [1.165, 1.54) is 11.8 Å². The molecule has 0 aromatic carbocycles. The van der Waals surface area contributed by atoms with Gasteiger partial charge in [0.25, 0.3) is 11.8 Å². The number of hydrogen-bond donors (Lipinski definition) is 0. The predicted octanol–water partition coefficient (Wildman–Crippen LogP) is 2.72. The fourth-order valence-corrected chi connectivity index (χ4v) is 4.68. The van der Waals surface area contributed by atoms with E-state index in [4.69, 9.17) is 21.7 Å². The van der Waals surface area contributed by atoms with E-state index in [2.05, 4.69) is 4.99 Å². The molecule has 2 atom stereocenters. The first kappa shape index (κ1) is 19.4. The first-order valence-corrected chi connectivity index (χ1v) is 10.5. The normalized spacial score (nSPS) is 28.6. The Morgan fingerprint density at radius 2 is 2.32 bits per heavy atom. The van der Waals surface area contributed by atoms with Gasteiger partial charge in [-0.25, -0.2) is 4.99 Å². The van der Waals surface area contributed by atoms with Gasteiger partial charge in [-0.05, 0) is 55.7 Å². The smallest absolute Gasteiger partial charge is 0.277 e. The van der Waals surface area contributed by atoms with Gasteiger partial charge < -0.3 is 9.47 Å². The Labute approximate surface area is 173 Å². The van der Waals surface area contributed by atoms with Crippen molar-refractivity contribution in [1.29, 1.82) is 0 Å². The number of thiocarbonyl (C=S) groups is 1. The topological polar surface area (TPSA) is 68.2 Å². The molecule has 6 nitrogen and oxygen atoms in total. The summed E-state index contributed by atoms with van der Waals surface area (Å²) in [6.45, 7) is 3.71. The van der Waals surface area contributed by atoms with Crippen molar-refractivity contribution in [3.63, 3.8) is 0 Å². The molecular formula is C20H20N2O4S2. The first-order valence-electron chi connectivity index (χ1n) is 9.29. The molecule has 1 aliphatic carbocycles. The molecule has 0 radical (unpaired) electrons. The van der Waals surface area contributed by atoms with Gasteiger partial charge in [-0.3, -0.25) is 14.5 Å². The number of carbonyl (C=O) groups excluding carboxylic acids is 2. The molecule has 0 N–H and O–H groups in total. The minimum absolute atomic E-state index is 0.0271. The molecule has 2 saturated heterocycles. The SMILES string of the molecule is CCOC1C=CC2=NC(=O)C(/C=C3\SC(=S)N(CC4CCCO4)C3=O)=CC2=C1. The molecule has 2 amide bonds. The van der Waals surface area contributed by atoms with Crippen LogP contribution in [0.4, 0.5) is 0 Å². The number of ether oxygens (including phenoxy) is 2. The number of rotatable bonds is 5. The number of fused-ring (bicyclic) bond motifs is 1. The van der Waals surface area contributed by atoms with Gasteiger partial charge in [0, 0.05) is 18.8 Å². The zero-order valence-electron chi connectivity index (χ0n) is 15.4. The van der Waals surface area contributed by atoms with Crippen molar-refractivity contribution in [2.45, 2.75) is 32.0 Å². The monoisotopic (exact) mass is 416 g/mol. The van der Waals surface area contributed by atoms with Crippen LogP contribution in [0.15, 0.2) is 51.4 Å². The molecule has 4 rings (SSSR count). The van der Waals surface area contributed by atoms with Crippen LogP contribution in [0.5, 0.6) is 0 Å². The number of thioether (sulfide) groups is 1. The van der Waals surface area contributed by atoms with Crippen LogP contribution in [-0.4, -0.2) is 58.7 Å². The Bertz CT molecular complexity index is 879. The van der Waals surface area contributed by atoms with Gasteiger partial charge in [0.1, 0.15) is 4.32 Å². The van der Waals surface area contributed by atoms with E-state index in [1.54, 1.807) is 23.1 Å². The maximum atomic E-state index is 12.8. The van der Waals surface area contributed by atoms with Crippen molar-refractivity contribution >= 4 is 45.8 Å². The van der Waals surface area contributed by atoms with Crippen LogP contribution in [-0.2, 0) is 19.1 Å². The average molecular weight is 417 g/mol. The summed E-state index contributed by atoms with van der Waals surface area (Å²) in [7, 11) is 0. The summed E-state index contributed by atoms with van der Waals surface area (Å²) in [6, 6.07) is 0. The number of nitrogens with zero attached hydrogens (tertiary/aromatic N) is 2. The third-order valence-corrected chi connectivity index (χ3v) is 6.17. The molecule has 28 heavy (non-hydrogen) atoms. The molecule has 0 aromatic rings. The summed E-state index contributed by atoms with van der Waals surface area (Å²) < 4.78 is 11.7. The van der Waals surface area contributed by atoms with E-state index < -0.39 is 0 Å². The van der Waals surface area contributed by atoms with Crippen molar-refractivity contribution in [3.8, 4) is 0 Å². The van der Waals surface area contributed by atoms with Crippen LogP contribution in [0, 0.1) is 0 Å². The second-order valence-electron chi connectivity index (χ2n) is 6.73. The third kappa shape index (κ3) is 3.96. The van der Waals surface area contributed by atoms with E-state index in [1.807, 2.05) is 19.1 Å². The molecule has 146 valence electrons. The van der Waals surface area contributed by atoms with Crippen molar-refractivity contribution in [1.82, 2.24) is 4.90 Å². The predicted molar refractivity (Wildman–Crippen MR) is 112 cm³/mol. The van der Waals surface area contributed by atoms with Crippen molar-refractivity contribution in [2.75, 3.05) is 19.8 Å². The van der Waals surface area contributed by atoms with Gasteiger partial charge in [0.05, 0.1) is 29.4 Å². The van der Waals surface area contributed by atoms with Gasteiger partial charge in [-0.1, -0.05) is 24.0 Å². The highest BCUT2D eigenvalue weighted by Gasteiger charge is 2.35. The van der Waals surface area contributed by atoms with Gasteiger partial charge in [0.15, 0.2) is 0 Å². The Hall–Kier alpha value is -1.87. The number of amides is 2. The second kappa shape index (κ2) is 8.24. The van der Waals surface area contributed by atoms with Crippen molar-refractivity contribution in [3.05, 3.63) is 46.4 Å². The lowest BCUT2D eigenvalue weighted by Gasteiger charge is -2.19. The van der Waals surface area contributed by atoms with Gasteiger partial charge in [0.2, 0.25) is 0 Å². The molecule has 8 heteroatoms. The Morgan fingerprint density at radius 1 is 1.46 bits per heavy atom. The lowest BCUT2D eigenvalue weighted by Crippen LogP contribution is -2.35. The fourth-order valence-electron chi connectivity index (χ4n) is 3.42. The van der Waals surface area contributed by atoms with E-state index >= 15 is 0 Å². The summed E-state index contributed by atoms with van der Waals surface area (Å²) in [6.07, 6.45) is 10.7. The van der Waals surface area contributed by atoms with Crippen LogP contribution < -0.4 is 0 Å². The largest absolute Gasteiger partial charge is 0.376 e. The second-order valence-corrected chi connectivity index (χ2v) is 8.41. The van der Waals surface area contributed by atoms with Crippen LogP contribution in [0.2, 0.25) is 0 Å². The van der Waals surface area contributed by atoms with Crippen LogP contribution >= 0.6 is 24.0 Å². The lowest BCUT2D eigenvalue weighted by atomic mass is 9.96. The summed E-state index contributed by atoms with van der Waals surface area (Å²) in [5.74, 6) is -0.547. The summed E-state index contributed by atoms with van der Waals surface area (Å²) in [4.78, 5) is 31.3. The van der Waals surface area contributed by atoms with Crippen molar-refractivity contribution < 1.29 is 19.1 Å². The fraction of sp³-hybridized carbons (Fsp3) is 0.400. The zero-order chi connectivity index (χ0) is 19.7. The van der Waals surface area contributed by atoms with Crippen LogP contribution in [0.1, 0.15) is 19.8 Å². The standard InChI is InChI=1S/C20H20N2O4S2/c1-2-25-14-5-6-16-12(9-14)8-13(18(23)21-16)10-17-19(24)22(20(27)28-17)11-15-4-3-7-26-15/h5-6,8-10,14-15H,2-4,7,11H2,1H3/b17-10-. The first-order chi connectivity index (χ1) is 13.5. The molecule has 3 heterocycles. The molecule has 0 bridgehead atoms. The van der Waals surface area contributed by atoms with Crippen LogP contribution in [0.25, 0.3) is 0 Å². The Morgan fingerprint density at radius 3 is 3.07 bits per heavy atom. The number of dihydropyridines is 1. The highest BCUT2D eigenvalue weighted by Crippen LogP contribution is 2.34. The summed E-state index contributed by atoms with van der Waals surface area (Å²) in [5, 5.41) is 0. The highest BCUT2D eigenvalue weighted by molar-refractivity contribution is 8.26. The minimum atomic E-state index is -0.365.